The standard InChI is InChI=1S/C22H19ClF4N4O2/c1-12(2)13-8-16(22(25,26)27)20-28-18(19(23)31(20)10-13)21(33)29-6-7-30(17(32)11-29)15-5-3-4-14(24)9-15/h3-5,8-10,12H,6-7,11H2,1-2H3. The van der Waals surface area contributed by atoms with Crippen LogP contribution in [-0.4, -0.2) is 45.7 Å². The second-order valence-corrected chi connectivity index (χ2v) is 8.39. The number of halogens is 5. The summed E-state index contributed by atoms with van der Waals surface area (Å²) in [6.45, 7) is 3.30. The fourth-order valence-electron chi connectivity index (χ4n) is 3.71. The third-order valence-corrected chi connectivity index (χ3v) is 5.85. The van der Waals surface area contributed by atoms with E-state index in [1.165, 1.54) is 34.2 Å². The first-order valence-corrected chi connectivity index (χ1v) is 10.5. The van der Waals surface area contributed by atoms with Gasteiger partial charge in [0.15, 0.2) is 11.3 Å². The molecule has 3 aromatic rings. The second-order valence-electron chi connectivity index (χ2n) is 8.04. The van der Waals surface area contributed by atoms with Gasteiger partial charge in [-0.1, -0.05) is 31.5 Å². The smallest absolute Gasteiger partial charge is 0.326 e. The molecule has 0 radical (unpaired) electrons. The van der Waals surface area contributed by atoms with Crippen molar-refractivity contribution in [2.24, 2.45) is 0 Å². The van der Waals surface area contributed by atoms with Gasteiger partial charge in [0.25, 0.3) is 5.91 Å². The number of carbonyl (C=O) groups is 2. The van der Waals surface area contributed by atoms with Crippen molar-refractivity contribution < 1.29 is 27.2 Å². The molecule has 0 spiro atoms. The van der Waals surface area contributed by atoms with E-state index in [2.05, 4.69) is 4.98 Å². The van der Waals surface area contributed by atoms with E-state index in [0.29, 0.717) is 11.3 Å². The van der Waals surface area contributed by atoms with Crippen LogP contribution in [0.5, 0.6) is 0 Å². The lowest BCUT2D eigenvalue weighted by atomic mass is 10.0. The minimum atomic E-state index is -4.70. The molecule has 0 unspecified atom stereocenters. The average molecular weight is 483 g/mol. The van der Waals surface area contributed by atoms with Gasteiger partial charge >= 0.3 is 6.18 Å². The summed E-state index contributed by atoms with van der Waals surface area (Å²) in [5.74, 6) is -1.94. The predicted octanol–water partition coefficient (Wildman–Crippen LogP) is 4.76. The van der Waals surface area contributed by atoms with Gasteiger partial charge in [0.2, 0.25) is 5.91 Å². The van der Waals surface area contributed by atoms with Gasteiger partial charge in [-0.25, -0.2) is 9.37 Å². The molecule has 1 fully saturated rings. The van der Waals surface area contributed by atoms with Crippen molar-refractivity contribution in [3.8, 4) is 0 Å². The van der Waals surface area contributed by atoms with Gasteiger partial charge in [0.05, 0.1) is 5.56 Å². The van der Waals surface area contributed by atoms with E-state index in [0.717, 1.165) is 10.5 Å². The molecule has 1 aliphatic heterocycles. The second kappa shape index (κ2) is 8.33. The Bertz CT molecular complexity index is 1260. The number of carbonyl (C=O) groups excluding carboxylic acids is 2. The molecule has 1 aromatic carbocycles. The number of rotatable bonds is 3. The molecule has 0 N–H and O–H groups in total. The van der Waals surface area contributed by atoms with Gasteiger partial charge in [-0.3, -0.25) is 14.0 Å². The van der Waals surface area contributed by atoms with Crippen LogP contribution in [0.1, 0.15) is 41.4 Å². The summed E-state index contributed by atoms with van der Waals surface area (Å²) in [5.41, 5.74) is -1.11. The maximum Gasteiger partial charge on any atom is 0.419 e. The highest BCUT2D eigenvalue weighted by Crippen LogP contribution is 2.36. The number of pyridine rings is 1. The molecule has 2 amide bonds. The monoisotopic (exact) mass is 482 g/mol. The summed E-state index contributed by atoms with van der Waals surface area (Å²) < 4.78 is 55.6. The Kier molecular flexibility index (Phi) is 5.81. The molecule has 4 rings (SSSR count). The molecule has 0 bridgehead atoms. The number of piperazine rings is 1. The van der Waals surface area contributed by atoms with Crippen LogP contribution in [-0.2, 0) is 11.0 Å². The van der Waals surface area contributed by atoms with Crippen LogP contribution in [0, 0.1) is 5.82 Å². The SMILES string of the molecule is CC(C)c1cc(C(F)(F)F)c2nc(C(=O)N3CCN(c4cccc(F)c4)C(=O)C3)c(Cl)n2c1. The molecule has 0 saturated carbocycles. The lowest BCUT2D eigenvalue weighted by molar-refractivity contribution is -0.136. The minimum Gasteiger partial charge on any atom is -0.326 e. The third kappa shape index (κ3) is 4.27. The first kappa shape index (κ1) is 23.0. The van der Waals surface area contributed by atoms with Gasteiger partial charge in [-0.05, 0) is 35.7 Å². The maximum atomic E-state index is 13.7. The quantitative estimate of drug-likeness (QED) is 0.506. The van der Waals surface area contributed by atoms with Crippen LogP contribution in [0.2, 0.25) is 5.15 Å². The first-order chi connectivity index (χ1) is 15.5. The Hall–Kier alpha value is -3.14. The number of hydrogen-bond donors (Lipinski definition) is 0. The number of imidazole rings is 1. The number of fused-ring (bicyclic) bond motifs is 1. The fraction of sp³-hybridized carbons (Fsp3) is 0.318. The van der Waals surface area contributed by atoms with Crippen LogP contribution < -0.4 is 4.90 Å². The zero-order valence-corrected chi connectivity index (χ0v) is 18.4. The summed E-state index contributed by atoms with van der Waals surface area (Å²) in [4.78, 5) is 32.1. The van der Waals surface area contributed by atoms with E-state index in [4.69, 9.17) is 11.6 Å². The fourth-order valence-corrected chi connectivity index (χ4v) is 3.96. The highest BCUT2D eigenvalue weighted by Gasteiger charge is 2.37. The van der Waals surface area contributed by atoms with E-state index < -0.39 is 35.0 Å². The minimum absolute atomic E-state index is 0.0780. The molecular weight excluding hydrogens is 464 g/mol. The Morgan fingerprint density at radius 3 is 2.52 bits per heavy atom. The molecule has 2 aromatic heterocycles. The molecule has 0 aliphatic carbocycles. The van der Waals surface area contributed by atoms with Crippen molar-refractivity contribution in [1.82, 2.24) is 14.3 Å². The van der Waals surface area contributed by atoms with Crippen molar-refractivity contribution in [3.63, 3.8) is 0 Å². The van der Waals surface area contributed by atoms with Gasteiger partial charge < -0.3 is 9.80 Å². The molecule has 33 heavy (non-hydrogen) atoms. The zero-order chi connectivity index (χ0) is 24.1. The van der Waals surface area contributed by atoms with Crippen LogP contribution >= 0.6 is 11.6 Å². The lowest BCUT2D eigenvalue weighted by Crippen LogP contribution is -2.52. The Morgan fingerprint density at radius 1 is 1.18 bits per heavy atom. The van der Waals surface area contributed by atoms with E-state index in [9.17, 15) is 27.2 Å². The number of alkyl halides is 3. The lowest BCUT2D eigenvalue weighted by Gasteiger charge is -2.34. The summed E-state index contributed by atoms with van der Waals surface area (Å²) in [6, 6.07) is 6.50. The third-order valence-electron chi connectivity index (χ3n) is 5.49. The number of benzene rings is 1. The number of aromatic nitrogens is 2. The molecule has 11 heteroatoms. The number of hydrogen-bond acceptors (Lipinski definition) is 3. The van der Waals surface area contributed by atoms with Gasteiger partial charge in [-0.15, -0.1) is 0 Å². The van der Waals surface area contributed by atoms with Gasteiger partial charge in [-0.2, -0.15) is 13.2 Å². The average Bonchev–Trinajstić information content (AvgIpc) is 3.08. The van der Waals surface area contributed by atoms with Crippen molar-refractivity contribution >= 4 is 34.7 Å². The van der Waals surface area contributed by atoms with Crippen molar-refractivity contribution in [2.45, 2.75) is 25.9 Å². The van der Waals surface area contributed by atoms with Crippen LogP contribution in [0.3, 0.4) is 0 Å². The molecule has 174 valence electrons. The molecule has 1 aliphatic rings. The highest BCUT2D eigenvalue weighted by atomic mass is 35.5. The normalized spacial score (nSPS) is 15.1. The number of anilines is 1. The predicted molar refractivity (Wildman–Crippen MR) is 114 cm³/mol. The Balaban J connectivity index is 1.66. The molecule has 1 saturated heterocycles. The summed E-state index contributed by atoms with van der Waals surface area (Å²) in [5, 5.41) is -0.261. The molecule has 3 heterocycles. The van der Waals surface area contributed by atoms with Crippen LogP contribution in [0.15, 0.2) is 36.5 Å². The number of nitrogens with zero attached hydrogens (tertiary/aromatic N) is 4. The van der Waals surface area contributed by atoms with E-state index in [1.807, 2.05) is 0 Å². The van der Waals surface area contributed by atoms with Crippen LogP contribution in [0.4, 0.5) is 23.2 Å². The van der Waals surface area contributed by atoms with Gasteiger partial charge in [0.1, 0.15) is 17.5 Å². The Morgan fingerprint density at radius 2 is 1.91 bits per heavy atom. The van der Waals surface area contributed by atoms with Gasteiger partial charge in [0, 0.05) is 25.0 Å². The summed E-state index contributed by atoms with van der Waals surface area (Å²) >= 11 is 6.30. The summed E-state index contributed by atoms with van der Waals surface area (Å²) in [6.07, 6.45) is -3.28. The molecular formula is C22H19ClF4N4O2. The van der Waals surface area contributed by atoms with E-state index in [1.54, 1.807) is 19.9 Å². The van der Waals surface area contributed by atoms with Crippen molar-refractivity contribution in [3.05, 3.63) is 64.3 Å². The molecule has 6 nitrogen and oxygen atoms in total. The van der Waals surface area contributed by atoms with Crippen molar-refractivity contribution in [2.75, 3.05) is 24.5 Å². The highest BCUT2D eigenvalue weighted by molar-refractivity contribution is 6.33. The van der Waals surface area contributed by atoms with E-state index >= 15 is 0 Å². The topological polar surface area (TPSA) is 57.9 Å². The zero-order valence-electron chi connectivity index (χ0n) is 17.7. The number of amides is 2. The van der Waals surface area contributed by atoms with Crippen LogP contribution in [0.25, 0.3) is 5.65 Å². The van der Waals surface area contributed by atoms with E-state index in [-0.39, 0.29) is 36.4 Å². The first-order valence-electron chi connectivity index (χ1n) is 10.1. The molecule has 0 atom stereocenters. The largest absolute Gasteiger partial charge is 0.419 e. The Labute approximate surface area is 191 Å². The maximum absolute atomic E-state index is 13.7. The van der Waals surface area contributed by atoms with Crippen molar-refractivity contribution in [1.29, 1.82) is 0 Å². The summed E-state index contributed by atoms with van der Waals surface area (Å²) in [7, 11) is 0.